The van der Waals surface area contributed by atoms with E-state index in [1.54, 1.807) is 0 Å². The van der Waals surface area contributed by atoms with Gasteiger partial charge in [-0.25, -0.2) is 0 Å². The molecule has 1 aromatic rings. The van der Waals surface area contributed by atoms with E-state index in [2.05, 4.69) is 76.5 Å². The molecule has 0 atom stereocenters. The van der Waals surface area contributed by atoms with Crippen LogP contribution in [-0.2, 0) is 5.41 Å². The predicted molar refractivity (Wildman–Crippen MR) is 123 cm³/mol. The Balaban J connectivity index is 0.00000338. The molecule has 0 aliphatic carbocycles. The highest BCUT2D eigenvalue weighted by Gasteiger charge is 2.20. The fraction of sp³-hybridized carbons (Fsp3) is 0.650. The number of halogens is 1. The van der Waals surface area contributed by atoms with Gasteiger partial charge in [0.1, 0.15) is 0 Å². The molecule has 0 bridgehead atoms. The van der Waals surface area contributed by atoms with E-state index in [9.17, 15) is 0 Å². The number of hydrogen-bond donors (Lipinski definition) is 2. The second-order valence-electron chi connectivity index (χ2n) is 7.38. The largest absolute Gasteiger partial charge is 0.356 e. The van der Waals surface area contributed by atoms with E-state index in [0.717, 1.165) is 25.6 Å². The molecule has 1 saturated heterocycles. The summed E-state index contributed by atoms with van der Waals surface area (Å²) < 4.78 is 0. The van der Waals surface area contributed by atoms with Gasteiger partial charge in [-0.05, 0) is 12.1 Å². The first kappa shape index (κ1) is 23.2. The Hall–Kier alpha value is -0.860. The molecule has 1 aromatic carbocycles. The molecule has 0 aromatic heterocycles. The normalized spacial score (nSPS) is 16.8. The van der Waals surface area contributed by atoms with Gasteiger partial charge in [-0.1, -0.05) is 51.1 Å². The van der Waals surface area contributed by atoms with E-state index in [1.165, 1.54) is 38.3 Å². The third kappa shape index (κ3) is 7.40. The van der Waals surface area contributed by atoms with Crippen molar-refractivity contribution in [1.82, 2.24) is 20.4 Å². The topological polar surface area (TPSA) is 42.9 Å². The number of nitrogens with one attached hydrogen (secondary N) is 2. The lowest BCUT2D eigenvalue weighted by Crippen LogP contribution is -2.49. The van der Waals surface area contributed by atoms with Gasteiger partial charge in [0.2, 0.25) is 0 Å². The quantitative estimate of drug-likeness (QED) is 0.363. The first-order valence-corrected chi connectivity index (χ1v) is 9.50. The summed E-state index contributed by atoms with van der Waals surface area (Å²) in [5.74, 6) is 0.885. The van der Waals surface area contributed by atoms with E-state index < -0.39 is 0 Å². The number of hydrogen-bond acceptors (Lipinski definition) is 3. The van der Waals surface area contributed by atoms with Crippen molar-refractivity contribution in [1.29, 1.82) is 0 Å². The van der Waals surface area contributed by atoms with Crippen molar-refractivity contribution in [2.24, 2.45) is 4.99 Å². The number of nitrogens with zero attached hydrogens (tertiary/aromatic N) is 3. The second kappa shape index (κ2) is 11.8. The third-order valence-corrected chi connectivity index (χ3v) is 5.11. The van der Waals surface area contributed by atoms with Crippen molar-refractivity contribution in [3.63, 3.8) is 0 Å². The van der Waals surface area contributed by atoms with Gasteiger partial charge in [0.05, 0.1) is 0 Å². The zero-order valence-electron chi connectivity index (χ0n) is 16.8. The molecular formula is C20H36IN5. The van der Waals surface area contributed by atoms with E-state index >= 15 is 0 Å². The van der Waals surface area contributed by atoms with Crippen LogP contribution in [0.15, 0.2) is 35.3 Å². The molecule has 148 valence electrons. The number of benzene rings is 1. The van der Waals surface area contributed by atoms with Crippen LogP contribution in [0, 0.1) is 0 Å². The van der Waals surface area contributed by atoms with Crippen molar-refractivity contribution >= 4 is 29.9 Å². The van der Waals surface area contributed by atoms with Crippen LogP contribution in [0.3, 0.4) is 0 Å². The van der Waals surface area contributed by atoms with Crippen LogP contribution < -0.4 is 10.6 Å². The molecule has 0 unspecified atom stereocenters. The summed E-state index contributed by atoms with van der Waals surface area (Å²) in [5.41, 5.74) is 1.40. The molecule has 6 heteroatoms. The summed E-state index contributed by atoms with van der Waals surface area (Å²) >= 11 is 0. The maximum Gasteiger partial charge on any atom is 0.191 e. The second-order valence-corrected chi connectivity index (χ2v) is 7.38. The highest BCUT2D eigenvalue weighted by atomic mass is 127. The highest BCUT2D eigenvalue weighted by Crippen LogP contribution is 2.21. The summed E-state index contributed by atoms with van der Waals surface area (Å²) in [4.78, 5) is 9.40. The van der Waals surface area contributed by atoms with E-state index in [-0.39, 0.29) is 29.4 Å². The molecule has 5 nitrogen and oxygen atoms in total. The van der Waals surface area contributed by atoms with Gasteiger partial charge in [0.25, 0.3) is 0 Å². The van der Waals surface area contributed by atoms with Crippen molar-refractivity contribution in [2.45, 2.75) is 26.2 Å². The third-order valence-electron chi connectivity index (χ3n) is 5.11. The van der Waals surface area contributed by atoms with Gasteiger partial charge in [-0.3, -0.25) is 9.89 Å². The summed E-state index contributed by atoms with van der Waals surface area (Å²) in [6.45, 7) is 15.5. The minimum Gasteiger partial charge on any atom is -0.356 e. The Bertz CT molecular complexity index is 524. The highest BCUT2D eigenvalue weighted by molar-refractivity contribution is 14.0. The lowest BCUT2D eigenvalue weighted by molar-refractivity contribution is 0.139. The van der Waals surface area contributed by atoms with Crippen LogP contribution in [0.2, 0.25) is 0 Å². The molecule has 2 rings (SSSR count). The SMILES string of the molecule is CCN1CCN(CCNC(=NC)NCC(C)(C)c2ccccc2)CC1.I. The molecule has 0 spiro atoms. The Labute approximate surface area is 176 Å². The van der Waals surface area contributed by atoms with Gasteiger partial charge < -0.3 is 15.5 Å². The first-order chi connectivity index (χ1) is 12.0. The summed E-state index contributed by atoms with van der Waals surface area (Å²) in [6.07, 6.45) is 0. The first-order valence-electron chi connectivity index (χ1n) is 9.50. The van der Waals surface area contributed by atoms with Crippen molar-refractivity contribution < 1.29 is 0 Å². The van der Waals surface area contributed by atoms with Crippen LogP contribution in [0.25, 0.3) is 0 Å². The van der Waals surface area contributed by atoms with Crippen LogP contribution in [0.4, 0.5) is 0 Å². The van der Waals surface area contributed by atoms with Gasteiger partial charge in [-0.15, -0.1) is 24.0 Å². The maximum atomic E-state index is 4.36. The van der Waals surface area contributed by atoms with Crippen LogP contribution >= 0.6 is 24.0 Å². The minimum atomic E-state index is 0. The molecular weight excluding hydrogens is 437 g/mol. The average Bonchev–Trinajstić information content (AvgIpc) is 2.65. The summed E-state index contributed by atoms with van der Waals surface area (Å²) in [7, 11) is 1.84. The average molecular weight is 473 g/mol. The van der Waals surface area contributed by atoms with Gasteiger partial charge in [0.15, 0.2) is 5.96 Å². The monoisotopic (exact) mass is 473 g/mol. The fourth-order valence-electron chi connectivity index (χ4n) is 3.18. The molecule has 1 fully saturated rings. The molecule has 2 N–H and O–H groups in total. The zero-order valence-corrected chi connectivity index (χ0v) is 19.1. The van der Waals surface area contributed by atoms with Crippen LogP contribution in [-0.4, -0.2) is 75.2 Å². The molecule has 26 heavy (non-hydrogen) atoms. The smallest absolute Gasteiger partial charge is 0.191 e. The number of guanidine groups is 1. The van der Waals surface area contributed by atoms with E-state index in [1.807, 2.05) is 7.05 Å². The Morgan fingerprint density at radius 2 is 1.65 bits per heavy atom. The lowest BCUT2D eigenvalue weighted by Gasteiger charge is -2.34. The molecule has 0 saturated carbocycles. The van der Waals surface area contributed by atoms with Gasteiger partial charge in [0, 0.05) is 58.3 Å². The maximum absolute atomic E-state index is 4.36. The van der Waals surface area contributed by atoms with Gasteiger partial charge in [-0.2, -0.15) is 0 Å². The Kier molecular flexibility index (Phi) is 10.5. The zero-order chi connectivity index (χ0) is 18.1. The number of piperazine rings is 1. The fourth-order valence-corrected chi connectivity index (χ4v) is 3.18. The van der Waals surface area contributed by atoms with E-state index in [0.29, 0.717) is 0 Å². The molecule has 1 heterocycles. The van der Waals surface area contributed by atoms with E-state index in [4.69, 9.17) is 0 Å². The van der Waals surface area contributed by atoms with Gasteiger partial charge >= 0.3 is 0 Å². The Morgan fingerprint density at radius 3 is 2.23 bits per heavy atom. The van der Waals surface area contributed by atoms with Crippen LogP contribution in [0.1, 0.15) is 26.3 Å². The number of rotatable bonds is 7. The standard InChI is InChI=1S/C20H35N5.HI/c1-5-24-13-15-25(16-14-24)12-11-22-19(21-4)23-17-20(2,3)18-9-7-6-8-10-18;/h6-10H,5,11-17H2,1-4H3,(H2,21,22,23);1H. The van der Waals surface area contributed by atoms with Crippen molar-refractivity contribution in [3.8, 4) is 0 Å². The lowest BCUT2D eigenvalue weighted by atomic mass is 9.85. The number of likely N-dealkylation sites (N-methyl/N-ethyl adjacent to an activating group) is 1. The number of aliphatic imine (C=N–C) groups is 1. The van der Waals surface area contributed by atoms with Crippen molar-refractivity contribution in [3.05, 3.63) is 35.9 Å². The molecule has 0 amide bonds. The Morgan fingerprint density at radius 1 is 1.04 bits per heavy atom. The summed E-state index contributed by atoms with van der Waals surface area (Å²) in [6, 6.07) is 10.6. The molecule has 1 aliphatic heterocycles. The predicted octanol–water partition coefficient (Wildman–Crippen LogP) is 2.38. The van der Waals surface area contributed by atoms with Crippen LogP contribution in [0.5, 0.6) is 0 Å². The summed E-state index contributed by atoms with van der Waals surface area (Å²) in [5, 5.41) is 6.92. The van der Waals surface area contributed by atoms with Crippen molar-refractivity contribution in [2.75, 3.05) is 59.4 Å². The minimum absolute atomic E-state index is 0. The molecule has 0 radical (unpaired) electrons. The molecule has 1 aliphatic rings.